The largest absolute Gasteiger partial charge is 0.484 e. The number of rotatable bonds is 4. The van der Waals surface area contributed by atoms with Crippen molar-refractivity contribution in [3.63, 3.8) is 0 Å². The van der Waals surface area contributed by atoms with Crippen LogP contribution >= 0.6 is 23.2 Å². The first-order chi connectivity index (χ1) is 9.70. The predicted molar refractivity (Wildman–Crippen MR) is 81.6 cm³/mol. The summed E-state index contributed by atoms with van der Waals surface area (Å²) in [5, 5.41) is 0.600. The maximum Gasteiger partial charge on any atom is 0.260 e. The summed E-state index contributed by atoms with van der Waals surface area (Å²) in [6.45, 7) is 0.808. The summed E-state index contributed by atoms with van der Waals surface area (Å²) in [6.07, 6.45) is 4.31. The van der Waals surface area contributed by atoms with Gasteiger partial charge >= 0.3 is 0 Å². The molecule has 110 valence electrons. The van der Waals surface area contributed by atoms with Gasteiger partial charge in [-0.25, -0.2) is 0 Å². The smallest absolute Gasteiger partial charge is 0.260 e. The Morgan fingerprint density at radius 3 is 2.95 bits per heavy atom. The minimum atomic E-state index is -0.00229. The molecular formula is C15H19Cl2NO2. The van der Waals surface area contributed by atoms with Crippen molar-refractivity contribution in [1.29, 1.82) is 0 Å². The van der Waals surface area contributed by atoms with E-state index in [1.54, 1.807) is 24.3 Å². The summed E-state index contributed by atoms with van der Waals surface area (Å²) in [6, 6.07) is 7.20. The maximum absolute atomic E-state index is 12.3. The number of ether oxygens (including phenoxy) is 1. The Bertz CT molecular complexity index is 453. The van der Waals surface area contributed by atoms with Crippen LogP contribution in [0, 0.1) is 0 Å². The highest BCUT2D eigenvalue weighted by atomic mass is 35.5. The van der Waals surface area contributed by atoms with Crippen molar-refractivity contribution in [2.45, 2.75) is 31.7 Å². The topological polar surface area (TPSA) is 29.5 Å². The second-order valence-corrected chi connectivity index (χ2v) is 5.74. The third-order valence-electron chi connectivity index (χ3n) is 3.53. The molecule has 1 heterocycles. The fourth-order valence-corrected chi connectivity index (χ4v) is 2.95. The molecule has 0 radical (unpaired) electrons. The highest BCUT2D eigenvalue weighted by Crippen LogP contribution is 2.20. The van der Waals surface area contributed by atoms with Crippen LogP contribution in [-0.4, -0.2) is 35.9 Å². The zero-order chi connectivity index (χ0) is 14.4. The number of carbonyl (C=O) groups excluding carboxylic acids is 1. The van der Waals surface area contributed by atoms with Gasteiger partial charge in [0.1, 0.15) is 5.75 Å². The van der Waals surface area contributed by atoms with Crippen LogP contribution in [0.2, 0.25) is 5.02 Å². The molecule has 5 heteroatoms. The zero-order valence-electron chi connectivity index (χ0n) is 11.4. The van der Waals surface area contributed by atoms with Crippen LogP contribution in [0.25, 0.3) is 0 Å². The number of nitrogens with zero attached hydrogens (tertiary/aromatic N) is 1. The summed E-state index contributed by atoms with van der Waals surface area (Å²) in [5.41, 5.74) is 0. The number of hydrogen-bond acceptors (Lipinski definition) is 2. The number of halogens is 2. The van der Waals surface area contributed by atoms with Crippen molar-refractivity contribution in [3.8, 4) is 5.75 Å². The molecule has 20 heavy (non-hydrogen) atoms. The Labute approximate surface area is 129 Å². The van der Waals surface area contributed by atoms with Gasteiger partial charge in [0.2, 0.25) is 0 Å². The van der Waals surface area contributed by atoms with E-state index in [9.17, 15) is 4.79 Å². The Hall–Kier alpha value is -0.930. The third kappa shape index (κ3) is 4.29. The highest BCUT2D eigenvalue weighted by Gasteiger charge is 2.24. The molecule has 0 spiro atoms. The molecule has 0 aromatic heterocycles. The monoisotopic (exact) mass is 315 g/mol. The lowest BCUT2D eigenvalue weighted by Gasteiger charge is -2.28. The Morgan fingerprint density at radius 2 is 2.20 bits per heavy atom. The summed E-state index contributed by atoms with van der Waals surface area (Å²) >= 11 is 11.9. The molecule has 3 nitrogen and oxygen atoms in total. The minimum absolute atomic E-state index is 0.00229. The van der Waals surface area contributed by atoms with Crippen molar-refractivity contribution in [1.82, 2.24) is 4.90 Å². The van der Waals surface area contributed by atoms with E-state index in [-0.39, 0.29) is 18.6 Å². The first-order valence-electron chi connectivity index (χ1n) is 6.94. The summed E-state index contributed by atoms with van der Waals surface area (Å²) in [7, 11) is 0. The van der Waals surface area contributed by atoms with Gasteiger partial charge in [-0.2, -0.15) is 0 Å². The standard InChI is InChI=1S/C15H19Cl2NO2/c16-10-13-6-2-1-3-8-18(13)15(19)11-20-14-7-4-5-12(17)9-14/h4-5,7,9,13H,1-3,6,8,10-11H2. The number of likely N-dealkylation sites (tertiary alicyclic amines) is 1. The van der Waals surface area contributed by atoms with E-state index in [0.717, 1.165) is 32.2 Å². The first kappa shape index (κ1) is 15.5. The van der Waals surface area contributed by atoms with E-state index in [0.29, 0.717) is 16.7 Å². The van der Waals surface area contributed by atoms with Crippen molar-refractivity contribution in [3.05, 3.63) is 29.3 Å². The zero-order valence-corrected chi connectivity index (χ0v) is 12.9. The number of alkyl halides is 1. The third-order valence-corrected chi connectivity index (χ3v) is 4.13. The van der Waals surface area contributed by atoms with Crippen molar-refractivity contribution >= 4 is 29.1 Å². The molecule has 1 atom stereocenters. The first-order valence-corrected chi connectivity index (χ1v) is 7.86. The van der Waals surface area contributed by atoms with Crippen LogP contribution in [0.4, 0.5) is 0 Å². The Morgan fingerprint density at radius 1 is 1.35 bits per heavy atom. The van der Waals surface area contributed by atoms with Gasteiger partial charge in [-0.1, -0.05) is 30.5 Å². The van der Waals surface area contributed by atoms with Gasteiger partial charge in [-0.05, 0) is 31.0 Å². The van der Waals surface area contributed by atoms with Crippen molar-refractivity contribution in [2.75, 3.05) is 19.0 Å². The molecule has 1 aliphatic heterocycles. The molecule has 2 rings (SSSR count). The maximum atomic E-state index is 12.3. The SMILES string of the molecule is O=C(COc1cccc(Cl)c1)N1CCCCCC1CCl. The second kappa shape index (κ2) is 7.75. The van der Waals surface area contributed by atoms with Gasteiger partial charge in [-0.3, -0.25) is 4.79 Å². The second-order valence-electron chi connectivity index (χ2n) is 4.99. The minimum Gasteiger partial charge on any atom is -0.484 e. The lowest BCUT2D eigenvalue weighted by Crippen LogP contribution is -2.43. The number of amides is 1. The molecule has 1 amide bonds. The summed E-state index contributed by atoms with van der Waals surface area (Å²) in [4.78, 5) is 14.2. The van der Waals surface area contributed by atoms with Crippen LogP contribution in [0.5, 0.6) is 5.75 Å². The van der Waals surface area contributed by atoms with Crippen molar-refractivity contribution < 1.29 is 9.53 Å². The molecule has 1 saturated heterocycles. The molecule has 0 saturated carbocycles. The molecule has 0 N–H and O–H groups in total. The van der Waals surface area contributed by atoms with Gasteiger partial charge in [-0.15, -0.1) is 11.6 Å². The average Bonchev–Trinajstić information content (AvgIpc) is 2.70. The van der Waals surface area contributed by atoms with Gasteiger partial charge in [0.25, 0.3) is 5.91 Å². The number of hydrogen-bond donors (Lipinski definition) is 0. The Balaban J connectivity index is 1.92. The normalized spacial score (nSPS) is 19.5. The van der Waals surface area contributed by atoms with Crippen LogP contribution in [0.1, 0.15) is 25.7 Å². The van der Waals surface area contributed by atoms with E-state index in [4.69, 9.17) is 27.9 Å². The molecule has 1 fully saturated rings. The Kier molecular flexibility index (Phi) is 5.99. The molecule has 0 aliphatic carbocycles. The van der Waals surface area contributed by atoms with Gasteiger partial charge in [0.05, 0.1) is 0 Å². The van der Waals surface area contributed by atoms with Gasteiger partial charge < -0.3 is 9.64 Å². The fourth-order valence-electron chi connectivity index (χ4n) is 2.45. The van der Waals surface area contributed by atoms with E-state index in [1.165, 1.54) is 0 Å². The quantitative estimate of drug-likeness (QED) is 0.792. The molecule has 1 unspecified atom stereocenters. The van der Waals surface area contributed by atoms with Gasteiger partial charge in [0.15, 0.2) is 6.61 Å². The van der Waals surface area contributed by atoms with E-state index in [2.05, 4.69) is 0 Å². The van der Waals surface area contributed by atoms with Crippen LogP contribution in [0.15, 0.2) is 24.3 Å². The lowest BCUT2D eigenvalue weighted by molar-refractivity contribution is -0.135. The average molecular weight is 316 g/mol. The molecule has 1 aromatic rings. The summed E-state index contributed by atoms with van der Waals surface area (Å²) in [5.74, 6) is 1.10. The molecule has 1 aliphatic rings. The predicted octanol–water partition coefficient (Wildman–Crippen LogP) is 3.73. The lowest BCUT2D eigenvalue weighted by atomic mass is 10.1. The highest BCUT2D eigenvalue weighted by molar-refractivity contribution is 6.30. The molecular weight excluding hydrogens is 297 g/mol. The number of carbonyl (C=O) groups is 1. The van der Waals surface area contributed by atoms with E-state index < -0.39 is 0 Å². The fraction of sp³-hybridized carbons (Fsp3) is 0.533. The van der Waals surface area contributed by atoms with Crippen molar-refractivity contribution in [2.24, 2.45) is 0 Å². The molecule has 1 aromatic carbocycles. The van der Waals surface area contributed by atoms with E-state index >= 15 is 0 Å². The van der Waals surface area contributed by atoms with E-state index in [1.807, 2.05) is 4.90 Å². The van der Waals surface area contributed by atoms with Gasteiger partial charge in [0, 0.05) is 23.5 Å². The summed E-state index contributed by atoms with van der Waals surface area (Å²) < 4.78 is 5.52. The van der Waals surface area contributed by atoms with Crippen LogP contribution in [-0.2, 0) is 4.79 Å². The number of benzene rings is 1. The van der Waals surface area contributed by atoms with Crippen LogP contribution in [0.3, 0.4) is 0 Å². The molecule has 0 bridgehead atoms. The van der Waals surface area contributed by atoms with Crippen LogP contribution < -0.4 is 4.74 Å².